The molecule has 0 saturated heterocycles. The molecule has 0 aliphatic rings. The molecule has 1 unspecified atom stereocenters. The Balaban J connectivity index is 2.82. The van der Waals surface area contributed by atoms with Gasteiger partial charge in [-0.05, 0) is 0 Å². The first-order valence-corrected chi connectivity index (χ1v) is 2.97. The van der Waals surface area contributed by atoms with E-state index in [1.165, 1.54) is 0 Å². The topological polar surface area (TPSA) is 29.3 Å². The second-order valence-corrected chi connectivity index (χ2v) is 2.06. The van der Waals surface area contributed by atoms with Crippen molar-refractivity contribution in [3.63, 3.8) is 0 Å². The van der Waals surface area contributed by atoms with Gasteiger partial charge in [-0.15, -0.1) is 0 Å². The minimum absolute atomic E-state index is 0.526. The number of rotatable bonds is 4. The Labute approximate surface area is 51.2 Å². The highest BCUT2D eigenvalue weighted by atomic mass is 31.0. The average molecular weight is 136 g/mol. The molecule has 0 N–H and O–H groups in total. The second kappa shape index (κ2) is 5.13. The van der Waals surface area contributed by atoms with Crippen LogP contribution in [0.5, 0.6) is 0 Å². The van der Waals surface area contributed by atoms with Gasteiger partial charge < -0.3 is 4.74 Å². The number of hydrogen-bond donors (Lipinski definition) is 0. The molecule has 0 aliphatic carbocycles. The maximum absolute atomic E-state index is 10.1. The Kier molecular flexibility index (Phi) is 5.13. The third-order valence-corrected chi connectivity index (χ3v) is 0.985. The lowest BCUT2D eigenvalue weighted by Crippen LogP contribution is -1.99. The number of methoxy groups -OCH3 is 1. The normalized spacial score (nSPS) is 9.25. The van der Waals surface area contributed by atoms with Crippen LogP contribution in [0.4, 0.5) is 0 Å². The fourth-order valence-corrected chi connectivity index (χ4v) is 0.547. The summed E-state index contributed by atoms with van der Waals surface area (Å²) in [5.74, 6) is 0. The first-order chi connectivity index (χ1) is 3.77. The molecule has 48 valence electrons. The van der Waals surface area contributed by atoms with Crippen molar-refractivity contribution >= 4 is 9.39 Å². The highest BCUT2D eigenvalue weighted by Crippen LogP contribution is 1.87. The van der Waals surface area contributed by atoms with Gasteiger partial charge in [0.15, 0.2) is 6.54 Å². The van der Waals surface area contributed by atoms with Gasteiger partial charge >= 0.3 is 0 Å². The summed E-state index contributed by atoms with van der Waals surface area (Å²) in [6.07, 6.45) is 0.795. The summed E-state index contributed by atoms with van der Waals surface area (Å²) in [5.41, 5.74) is 0. The summed E-state index contributed by atoms with van der Waals surface area (Å²) in [5, 5.41) is 0. The number of nitroso groups, excluding NO2 is 1. The van der Waals surface area contributed by atoms with Crippen LogP contribution in [-0.4, -0.2) is 24.8 Å². The van der Waals surface area contributed by atoms with Crippen LogP contribution in [0, 0.1) is 4.91 Å². The van der Waals surface area contributed by atoms with Crippen LogP contribution in [-0.2, 0) is 4.74 Å². The van der Waals surface area contributed by atoms with E-state index in [1.54, 1.807) is 7.11 Å². The lowest BCUT2D eigenvalue weighted by atomic mass is 10.5. The molecule has 0 saturated carbocycles. The average Bonchev–Trinajstić information content (AvgIpc) is 1.66. The fraction of sp³-hybridized carbons (Fsp3) is 1.00. The summed E-state index contributed by atoms with van der Waals surface area (Å²) in [6, 6.07) is 0. The van der Waals surface area contributed by atoms with Gasteiger partial charge in [0.25, 0.3) is 0 Å². The maximum atomic E-state index is 10.1. The van der Waals surface area contributed by atoms with E-state index in [4.69, 9.17) is 4.74 Å². The van der Waals surface area contributed by atoms with Gasteiger partial charge in [0.05, 0.1) is 6.61 Å². The molecule has 0 aromatic rings. The molecule has 8 heavy (non-hydrogen) atoms. The van der Waals surface area contributed by atoms with Crippen LogP contribution in [0.1, 0.15) is 6.42 Å². The Hall–Kier alpha value is -0.0100. The monoisotopic (exact) mass is 136 g/mol. The summed E-state index contributed by atoms with van der Waals surface area (Å²) >= 11 is 0. The first-order valence-electron chi connectivity index (χ1n) is 2.45. The third kappa shape index (κ3) is 5.99. The highest BCUT2D eigenvalue weighted by Gasteiger charge is 1.95. The van der Waals surface area contributed by atoms with Gasteiger partial charge in [0.2, 0.25) is 9.39 Å². The van der Waals surface area contributed by atoms with Crippen LogP contribution >= 0.6 is 9.39 Å². The van der Waals surface area contributed by atoms with Crippen molar-refractivity contribution in [2.45, 2.75) is 6.42 Å². The first kappa shape index (κ1) is 7.99. The van der Waals surface area contributed by atoms with E-state index in [1.807, 2.05) is 0 Å². The van der Waals surface area contributed by atoms with Gasteiger partial charge in [-0.3, -0.25) is 0 Å². The molecular formula is C4H11NO2P+. The number of nitrogens with zero attached hydrogens (tertiary/aromatic N) is 1. The van der Waals surface area contributed by atoms with Gasteiger partial charge in [-0.2, -0.15) is 0 Å². The summed E-state index contributed by atoms with van der Waals surface area (Å²) in [4.78, 5) is 10.1. The lowest BCUT2D eigenvalue weighted by molar-refractivity contribution is -0.377. The van der Waals surface area contributed by atoms with Crippen LogP contribution in [0.3, 0.4) is 0 Å². The van der Waals surface area contributed by atoms with Crippen molar-refractivity contribution in [1.82, 2.24) is 0 Å². The fourth-order valence-electron chi connectivity index (χ4n) is 0.365. The van der Waals surface area contributed by atoms with Crippen molar-refractivity contribution in [3.8, 4) is 0 Å². The second-order valence-electron chi connectivity index (χ2n) is 1.49. The van der Waals surface area contributed by atoms with E-state index in [0.29, 0.717) is 13.2 Å². The van der Waals surface area contributed by atoms with E-state index in [2.05, 4.69) is 9.39 Å². The third-order valence-electron chi connectivity index (χ3n) is 0.727. The van der Waals surface area contributed by atoms with E-state index in [9.17, 15) is 4.91 Å². The molecule has 0 aromatic heterocycles. The Bertz CT molecular complexity index is 76.4. The zero-order valence-corrected chi connectivity index (χ0v) is 6.12. The van der Waals surface area contributed by atoms with Crippen LogP contribution in [0.2, 0.25) is 0 Å². The SMILES string of the molecule is COCCC[N+](=O)P. The molecule has 0 bridgehead atoms. The molecule has 1 atom stereocenters. The number of hydrogen-bond acceptors (Lipinski definition) is 2. The Morgan fingerprint density at radius 3 is 2.75 bits per heavy atom. The Morgan fingerprint density at radius 2 is 2.38 bits per heavy atom. The van der Waals surface area contributed by atoms with Crippen LogP contribution < -0.4 is 0 Å². The van der Waals surface area contributed by atoms with E-state index >= 15 is 0 Å². The van der Waals surface area contributed by atoms with E-state index < -0.39 is 0 Å². The zero-order valence-electron chi connectivity index (χ0n) is 4.96. The van der Waals surface area contributed by atoms with Gasteiger partial charge in [-0.1, -0.05) is 0 Å². The van der Waals surface area contributed by atoms with Crippen molar-refractivity contribution in [3.05, 3.63) is 4.91 Å². The van der Waals surface area contributed by atoms with Crippen LogP contribution in [0.25, 0.3) is 0 Å². The lowest BCUT2D eigenvalue weighted by Gasteiger charge is -1.88. The quantitative estimate of drug-likeness (QED) is 0.418. The predicted molar refractivity (Wildman–Crippen MR) is 34.7 cm³/mol. The Morgan fingerprint density at radius 1 is 1.75 bits per heavy atom. The maximum Gasteiger partial charge on any atom is 0.208 e. The molecule has 3 nitrogen and oxygen atoms in total. The van der Waals surface area contributed by atoms with Crippen molar-refractivity contribution in [2.24, 2.45) is 0 Å². The van der Waals surface area contributed by atoms with E-state index in [-0.39, 0.29) is 0 Å². The molecule has 4 heteroatoms. The molecule has 0 aromatic carbocycles. The molecule has 0 spiro atoms. The molecule has 0 heterocycles. The molecular weight excluding hydrogens is 125 g/mol. The smallest absolute Gasteiger partial charge is 0.208 e. The van der Waals surface area contributed by atoms with Gasteiger partial charge in [0, 0.05) is 23.0 Å². The molecule has 0 amide bonds. The minimum Gasteiger partial charge on any atom is -0.384 e. The molecule has 0 aliphatic heterocycles. The molecule has 0 radical (unpaired) electrons. The predicted octanol–water partition coefficient (Wildman–Crippen LogP) is 0.592. The van der Waals surface area contributed by atoms with Gasteiger partial charge in [0.1, 0.15) is 0 Å². The summed E-state index contributed by atoms with van der Waals surface area (Å²) in [6.45, 7) is 1.19. The van der Waals surface area contributed by atoms with Gasteiger partial charge in [-0.25, -0.2) is 0 Å². The van der Waals surface area contributed by atoms with Crippen LogP contribution in [0.15, 0.2) is 0 Å². The number of ether oxygens (including phenoxy) is 1. The molecule has 0 rings (SSSR count). The van der Waals surface area contributed by atoms with Crippen molar-refractivity contribution in [2.75, 3.05) is 20.3 Å². The van der Waals surface area contributed by atoms with Crippen molar-refractivity contribution < 1.29 is 9.27 Å². The van der Waals surface area contributed by atoms with E-state index in [0.717, 1.165) is 11.0 Å². The summed E-state index contributed by atoms with van der Waals surface area (Å²) in [7, 11) is 3.67. The van der Waals surface area contributed by atoms with Crippen molar-refractivity contribution in [1.29, 1.82) is 0 Å². The summed E-state index contributed by atoms with van der Waals surface area (Å²) < 4.78 is 5.54. The zero-order chi connectivity index (χ0) is 6.41. The standard InChI is InChI=1S/C4H11NO2P/c1-7-4-2-3-5(6)8/h2-4,8H2,1H3/q+1. The largest absolute Gasteiger partial charge is 0.384 e. The molecule has 0 fully saturated rings. The minimum atomic E-state index is 0.526. The highest BCUT2D eigenvalue weighted by molar-refractivity contribution is 7.08.